The van der Waals surface area contributed by atoms with Gasteiger partial charge in [0.05, 0.1) is 12.0 Å². The van der Waals surface area contributed by atoms with E-state index < -0.39 is 0 Å². The van der Waals surface area contributed by atoms with E-state index in [4.69, 9.17) is 11.6 Å². The molecule has 0 spiro atoms. The van der Waals surface area contributed by atoms with Gasteiger partial charge in [0.1, 0.15) is 0 Å². The molecule has 0 saturated carbocycles. The van der Waals surface area contributed by atoms with Crippen LogP contribution in [0.4, 0.5) is 0 Å². The number of benzene rings is 2. The zero-order valence-corrected chi connectivity index (χ0v) is 13.9. The lowest BCUT2D eigenvalue weighted by Gasteiger charge is -2.22. The Balaban J connectivity index is 1.73. The van der Waals surface area contributed by atoms with Crippen LogP contribution in [0, 0.1) is 5.92 Å². The summed E-state index contributed by atoms with van der Waals surface area (Å²) in [4.78, 5) is 12.7. The van der Waals surface area contributed by atoms with E-state index in [1.54, 1.807) is 0 Å². The van der Waals surface area contributed by atoms with Gasteiger partial charge in [0.25, 0.3) is 0 Å². The Bertz CT molecular complexity index is 674. The van der Waals surface area contributed by atoms with Gasteiger partial charge in [-0.3, -0.25) is 4.79 Å². The lowest BCUT2D eigenvalue weighted by Crippen LogP contribution is -2.36. The fraction of sp³-hybridized carbons (Fsp3) is 0.316. The normalized spacial score (nSPS) is 21.8. The molecule has 3 rings (SSSR count). The SMILES string of the molecule is C[C@H](NC(=O)[C@@H]1CNC[C@H]1c1ccccc1Cl)c1ccccc1. The summed E-state index contributed by atoms with van der Waals surface area (Å²) < 4.78 is 0. The molecule has 0 unspecified atom stereocenters. The largest absolute Gasteiger partial charge is 0.349 e. The van der Waals surface area contributed by atoms with E-state index in [9.17, 15) is 4.79 Å². The Morgan fingerprint density at radius 2 is 1.83 bits per heavy atom. The van der Waals surface area contributed by atoms with Crippen LogP contribution in [0.25, 0.3) is 0 Å². The Hall–Kier alpha value is -1.84. The van der Waals surface area contributed by atoms with Crippen molar-refractivity contribution in [2.75, 3.05) is 13.1 Å². The first-order valence-corrected chi connectivity index (χ1v) is 8.35. The van der Waals surface area contributed by atoms with Gasteiger partial charge in [0, 0.05) is 24.0 Å². The van der Waals surface area contributed by atoms with Gasteiger partial charge < -0.3 is 10.6 Å². The first-order chi connectivity index (χ1) is 11.2. The van der Waals surface area contributed by atoms with E-state index in [0.717, 1.165) is 22.7 Å². The summed E-state index contributed by atoms with van der Waals surface area (Å²) in [6.07, 6.45) is 0. The van der Waals surface area contributed by atoms with Gasteiger partial charge in [0.15, 0.2) is 0 Å². The van der Waals surface area contributed by atoms with Crippen LogP contribution in [-0.2, 0) is 4.79 Å². The highest BCUT2D eigenvalue weighted by molar-refractivity contribution is 6.31. The molecule has 1 amide bonds. The molecule has 2 N–H and O–H groups in total. The molecule has 2 aromatic carbocycles. The number of hydrogen-bond acceptors (Lipinski definition) is 2. The fourth-order valence-corrected chi connectivity index (χ4v) is 3.48. The summed E-state index contributed by atoms with van der Waals surface area (Å²) in [5.41, 5.74) is 2.16. The lowest BCUT2D eigenvalue weighted by atomic mass is 9.88. The highest BCUT2D eigenvalue weighted by Crippen LogP contribution is 2.33. The number of amides is 1. The first kappa shape index (κ1) is 16.0. The van der Waals surface area contributed by atoms with Crippen LogP contribution in [0.5, 0.6) is 0 Å². The molecule has 3 atom stereocenters. The minimum atomic E-state index is -0.0962. The molecule has 0 radical (unpaired) electrons. The van der Waals surface area contributed by atoms with Crippen LogP contribution in [0.1, 0.15) is 30.0 Å². The third-order valence-electron chi connectivity index (χ3n) is 4.51. The topological polar surface area (TPSA) is 41.1 Å². The zero-order valence-electron chi connectivity index (χ0n) is 13.1. The molecular weight excluding hydrogens is 308 g/mol. The summed E-state index contributed by atoms with van der Waals surface area (Å²) in [6, 6.07) is 17.8. The molecule has 1 fully saturated rings. The maximum absolute atomic E-state index is 12.7. The van der Waals surface area contributed by atoms with Crippen molar-refractivity contribution in [3.63, 3.8) is 0 Å². The van der Waals surface area contributed by atoms with Crippen LogP contribution in [0.2, 0.25) is 5.02 Å². The van der Waals surface area contributed by atoms with E-state index >= 15 is 0 Å². The Labute approximate surface area is 142 Å². The van der Waals surface area contributed by atoms with Crippen molar-refractivity contribution >= 4 is 17.5 Å². The van der Waals surface area contributed by atoms with E-state index in [0.29, 0.717) is 6.54 Å². The molecule has 23 heavy (non-hydrogen) atoms. The Kier molecular flexibility index (Phi) is 4.99. The van der Waals surface area contributed by atoms with Crippen LogP contribution < -0.4 is 10.6 Å². The predicted molar refractivity (Wildman–Crippen MR) is 93.6 cm³/mol. The number of halogens is 1. The number of carbonyl (C=O) groups is 1. The number of carbonyl (C=O) groups excluding carboxylic acids is 1. The monoisotopic (exact) mass is 328 g/mol. The average Bonchev–Trinajstić information content (AvgIpc) is 3.05. The average molecular weight is 329 g/mol. The highest BCUT2D eigenvalue weighted by Gasteiger charge is 2.35. The molecule has 3 nitrogen and oxygen atoms in total. The molecular formula is C19H21ClN2O. The van der Waals surface area contributed by atoms with Crippen LogP contribution in [0.3, 0.4) is 0 Å². The Morgan fingerprint density at radius 1 is 1.13 bits per heavy atom. The van der Waals surface area contributed by atoms with Crippen molar-refractivity contribution in [2.24, 2.45) is 5.92 Å². The molecule has 1 heterocycles. The maximum Gasteiger partial charge on any atom is 0.225 e. The van der Waals surface area contributed by atoms with Crippen molar-refractivity contribution in [2.45, 2.75) is 18.9 Å². The summed E-state index contributed by atoms with van der Waals surface area (Å²) in [5, 5.41) is 7.19. The van der Waals surface area contributed by atoms with Crippen molar-refractivity contribution in [1.29, 1.82) is 0 Å². The third kappa shape index (κ3) is 3.57. The lowest BCUT2D eigenvalue weighted by molar-refractivity contribution is -0.125. The quantitative estimate of drug-likeness (QED) is 0.901. The van der Waals surface area contributed by atoms with Crippen molar-refractivity contribution < 1.29 is 4.79 Å². The van der Waals surface area contributed by atoms with Gasteiger partial charge in [-0.25, -0.2) is 0 Å². The van der Waals surface area contributed by atoms with E-state index in [-0.39, 0.29) is 23.8 Å². The molecule has 120 valence electrons. The molecule has 1 aliphatic heterocycles. The highest BCUT2D eigenvalue weighted by atomic mass is 35.5. The van der Waals surface area contributed by atoms with Crippen molar-refractivity contribution in [1.82, 2.24) is 10.6 Å². The second-order valence-corrected chi connectivity index (χ2v) is 6.44. The summed E-state index contributed by atoms with van der Waals surface area (Å²) in [6.45, 7) is 3.48. The van der Waals surface area contributed by atoms with Gasteiger partial charge >= 0.3 is 0 Å². The van der Waals surface area contributed by atoms with Crippen molar-refractivity contribution in [3.05, 3.63) is 70.7 Å². The molecule has 0 aliphatic carbocycles. The van der Waals surface area contributed by atoms with Crippen LogP contribution >= 0.6 is 11.6 Å². The molecule has 2 aromatic rings. The smallest absolute Gasteiger partial charge is 0.225 e. The molecule has 0 bridgehead atoms. The van der Waals surface area contributed by atoms with Gasteiger partial charge in [-0.2, -0.15) is 0 Å². The second kappa shape index (κ2) is 7.16. The molecule has 0 aromatic heterocycles. The van der Waals surface area contributed by atoms with Gasteiger partial charge in [-0.05, 0) is 24.1 Å². The van der Waals surface area contributed by atoms with E-state index in [2.05, 4.69) is 10.6 Å². The standard InChI is InChI=1S/C19H21ClN2O/c1-13(14-7-3-2-4-8-14)22-19(23)17-12-21-11-16(17)15-9-5-6-10-18(15)20/h2-10,13,16-17,21H,11-12H2,1H3,(H,22,23)/t13-,16-,17+/m0/s1. The summed E-state index contributed by atoms with van der Waals surface area (Å²) in [7, 11) is 0. The van der Waals surface area contributed by atoms with Crippen LogP contribution in [0.15, 0.2) is 54.6 Å². The number of hydrogen-bond donors (Lipinski definition) is 2. The molecule has 1 saturated heterocycles. The van der Waals surface area contributed by atoms with E-state index in [1.807, 2.05) is 61.5 Å². The molecule has 4 heteroatoms. The van der Waals surface area contributed by atoms with E-state index in [1.165, 1.54) is 0 Å². The maximum atomic E-state index is 12.7. The second-order valence-electron chi connectivity index (χ2n) is 6.03. The van der Waals surface area contributed by atoms with Crippen molar-refractivity contribution in [3.8, 4) is 0 Å². The predicted octanol–water partition coefficient (Wildman–Crippen LogP) is 3.52. The first-order valence-electron chi connectivity index (χ1n) is 7.97. The minimum Gasteiger partial charge on any atom is -0.349 e. The van der Waals surface area contributed by atoms with Gasteiger partial charge in [0.2, 0.25) is 5.91 Å². The van der Waals surface area contributed by atoms with Gasteiger partial charge in [-0.1, -0.05) is 60.1 Å². The number of nitrogens with one attached hydrogen (secondary N) is 2. The summed E-state index contributed by atoms with van der Waals surface area (Å²) in [5.74, 6) is 0.101. The zero-order chi connectivity index (χ0) is 16.2. The van der Waals surface area contributed by atoms with Gasteiger partial charge in [-0.15, -0.1) is 0 Å². The molecule has 1 aliphatic rings. The number of rotatable bonds is 4. The fourth-order valence-electron chi connectivity index (χ4n) is 3.20. The van der Waals surface area contributed by atoms with Crippen LogP contribution in [-0.4, -0.2) is 19.0 Å². The minimum absolute atomic E-state index is 0.00352. The summed E-state index contributed by atoms with van der Waals surface area (Å²) >= 11 is 6.32. The Morgan fingerprint density at radius 3 is 2.57 bits per heavy atom. The third-order valence-corrected chi connectivity index (χ3v) is 4.86.